The van der Waals surface area contributed by atoms with Crippen LogP contribution in [-0.4, -0.2) is 19.5 Å². The minimum Gasteiger partial charge on any atom is -0.456 e. The molecule has 0 radical (unpaired) electrons. The monoisotopic (exact) mass is 752 g/mol. The molecule has 5 nitrogen and oxygen atoms in total. The summed E-state index contributed by atoms with van der Waals surface area (Å²) in [6.07, 6.45) is 0. The number of aromatic nitrogens is 4. The summed E-state index contributed by atoms with van der Waals surface area (Å²) in [7, 11) is 0. The van der Waals surface area contributed by atoms with E-state index >= 15 is 0 Å². The molecule has 12 aromatic rings. The Morgan fingerprint density at radius 3 is 1.88 bits per heavy atom. The van der Waals surface area contributed by atoms with Gasteiger partial charge in [0.2, 0.25) is 0 Å². The molecule has 0 saturated heterocycles. The Balaban J connectivity index is 1.17. The predicted octanol–water partition coefficient (Wildman–Crippen LogP) is 13.9. The third-order valence-corrected chi connectivity index (χ3v) is 11.8. The molecule has 0 atom stereocenters. The number of thiophene rings is 1. The van der Waals surface area contributed by atoms with Crippen LogP contribution in [0.15, 0.2) is 186 Å². The van der Waals surface area contributed by atoms with Gasteiger partial charge >= 0.3 is 0 Å². The minimum atomic E-state index is -0.298. The third-order valence-electron chi connectivity index (χ3n) is 10.6. The number of hydrogen-bond donors (Lipinski definition) is 0. The van der Waals surface area contributed by atoms with Crippen molar-refractivity contribution in [2.75, 3.05) is 0 Å². The van der Waals surface area contributed by atoms with Gasteiger partial charge in [-0.2, -0.15) is 0 Å². The van der Waals surface area contributed by atoms with Crippen molar-refractivity contribution in [3.05, 3.63) is 182 Å². The molecule has 4 aromatic heterocycles. The summed E-state index contributed by atoms with van der Waals surface area (Å²) in [6, 6.07) is 46.3. The lowest BCUT2D eigenvalue weighted by Gasteiger charge is -2.17. The maximum absolute atomic E-state index is 9.51. The van der Waals surface area contributed by atoms with Crippen molar-refractivity contribution in [1.82, 2.24) is 19.5 Å². The Morgan fingerprint density at radius 2 is 1.09 bits per heavy atom. The van der Waals surface area contributed by atoms with Crippen LogP contribution in [0.25, 0.3) is 115 Å². The van der Waals surface area contributed by atoms with Gasteiger partial charge in [-0.1, -0.05) is 133 Å². The highest BCUT2D eigenvalue weighted by atomic mass is 32.1. The van der Waals surface area contributed by atoms with E-state index in [1.54, 1.807) is 0 Å². The van der Waals surface area contributed by atoms with Crippen molar-refractivity contribution in [3.63, 3.8) is 0 Å². The third kappa shape index (κ3) is 5.04. The second kappa shape index (κ2) is 12.6. The highest BCUT2D eigenvalue weighted by molar-refractivity contribution is 7.26. The van der Waals surface area contributed by atoms with E-state index in [1.807, 2.05) is 109 Å². The van der Waals surface area contributed by atoms with Gasteiger partial charge in [0.25, 0.3) is 0 Å². The molecule has 0 aliphatic rings. The molecule has 0 aliphatic heterocycles. The highest BCUT2D eigenvalue weighted by Gasteiger charge is 2.21. The quantitative estimate of drug-likeness (QED) is 0.176. The van der Waals surface area contributed by atoms with Crippen LogP contribution in [0.3, 0.4) is 0 Å². The van der Waals surface area contributed by atoms with Gasteiger partial charge in [0, 0.05) is 69.5 Å². The summed E-state index contributed by atoms with van der Waals surface area (Å²) in [4.78, 5) is 15.3. The molecule has 8 aromatic carbocycles. The molecular weight excluding hydrogens is 717 g/mol. The van der Waals surface area contributed by atoms with Crippen LogP contribution in [0.1, 0.15) is 8.22 Å². The van der Waals surface area contributed by atoms with Crippen molar-refractivity contribution in [3.8, 4) is 51.0 Å². The van der Waals surface area contributed by atoms with E-state index in [-0.39, 0.29) is 41.6 Å². The van der Waals surface area contributed by atoms with Crippen LogP contribution >= 0.6 is 11.3 Å². The first-order valence-electron chi connectivity index (χ1n) is 21.5. The Morgan fingerprint density at radius 1 is 0.456 bits per heavy atom. The van der Waals surface area contributed by atoms with Gasteiger partial charge in [0.15, 0.2) is 17.5 Å². The Kier molecular flexibility index (Phi) is 5.82. The Labute approximate surface area is 339 Å². The van der Waals surface area contributed by atoms with Crippen LogP contribution in [0.2, 0.25) is 0 Å². The van der Waals surface area contributed by atoms with Gasteiger partial charge in [0.05, 0.1) is 24.9 Å². The van der Waals surface area contributed by atoms with Crippen molar-refractivity contribution < 1.29 is 12.6 Å². The molecule has 0 fully saturated rings. The van der Waals surface area contributed by atoms with Crippen molar-refractivity contribution in [2.24, 2.45) is 0 Å². The van der Waals surface area contributed by atoms with Gasteiger partial charge in [0.1, 0.15) is 11.2 Å². The van der Waals surface area contributed by atoms with Crippen molar-refractivity contribution in [1.29, 1.82) is 0 Å². The molecule has 57 heavy (non-hydrogen) atoms. The summed E-state index contributed by atoms with van der Waals surface area (Å²) in [5.41, 5.74) is 7.38. The van der Waals surface area contributed by atoms with Gasteiger partial charge < -0.3 is 8.98 Å². The number of hydrogen-bond acceptors (Lipinski definition) is 5. The van der Waals surface area contributed by atoms with E-state index in [0.717, 1.165) is 54.9 Å². The number of fused-ring (bicyclic) bond motifs is 9. The fourth-order valence-electron chi connectivity index (χ4n) is 8.02. The average molecular weight is 753 g/mol. The number of rotatable bonds is 5. The average Bonchev–Trinajstić information content (AvgIpc) is 4.01. The molecule has 0 N–H and O–H groups in total. The number of nitrogens with zero attached hydrogens (tertiary/aromatic N) is 4. The largest absolute Gasteiger partial charge is 0.456 e. The van der Waals surface area contributed by atoms with Crippen LogP contribution in [-0.2, 0) is 0 Å². The number of para-hydroxylation sites is 3. The lowest BCUT2D eigenvalue weighted by Crippen LogP contribution is -2.02. The summed E-state index contributed by atoms with van der Waals surface area (Å²) in [5, 5.41) is 4.59. The van der Waals surface area contributed by atoms with Crippen LogP contribution in [0, 0.1) is 0 Å². The molecule has 0 bridgehead atoms. The molecule has 0 spiro atoms. The number of benzene rings is 8. The SMILES string of the molecule is [2H]c1cc([2H])c2sc3c(-c4ccc(-c5nc(-c6ccccc6)nc(-c6ccc7oc8ccccc8c7c6)n5)cc4-n4c5ccccc5c5ccccc54)c([2H])c([2H])c([2H])c3c2c1[2H]. The molecule has 0 saturated carbocycles. The fraction of sp³-hybridized carbons (Fsp3) is 0. The first-order chi connectivity index (χ1) is 30.7. The van der Waals surface area contributed by atoms with Crippen molar-refractivity contribution >= 4 is 75.3 Å². The van der Waals surface area contributed by atoms with E-state index in [0.29, 0.717) is 54.6 Å². The van der Waals surface area contributed by atoms with E-state index in [1.165, 1.54) is 17.4 Å². The summed E-state index contributed by atoms with van der Waals surface area (Å²) in [5.74, 6) is 1.39. The van der Waals surface area contributed by atoms with E-state index < -0.39 is 0 Å². The summed E-state index contributed by atoms with van der Waals surface area (Å²) in [6.45, 7) is 0. The maximum Gasteiger partial charge on any atom is 0.164 e. The van der Waals surface area contributed by atoms with E-state index in [9.17, 15) is 1.37 Å². The molecule has 0 aliphatic carbocycles. The van der Waals surface area contributed by atoms with Crippen molar-refractivity contribution in [2.45, 2.75) is 0 Å². The lowest BCUT2D eigenvalue weighted by atomic mass is 9.98. The number of furan rings is 1. The van der Waals surface area contributed by atoms with Gasteiger partial charge in [-0.25, -0.2) is 15.0 Å². The zero-order chi connectivity index (χ0) is 42.7. The minimum absolute atomic E-state index is 0.0635. The van der Waals surface area contributed by atoms with Crippen LogP contribution in [0.5, 0.6) is 0 Å². The second-order valence-corrected chi connectivity index (χ2v) is 14.9. The molecule has 6 heteroatoms. The van der Waals surface area contributed by atoms with Gasteiger partial charge in [-0.05, 0) is 48.5 Å². The molecule has 4 heterocycles. The van der Waals surface area contributed by atoms with E-state index in [2.05, 4.69) is 34.9 Å². The standard InChI is InChI=1S/C51H30N4OS/c1-2-13-31(14-3-1)49-52-50(32-26-28-46-41(29-32)37-17-6-10-23-45(37)56-46)54-51(53-49)33-25-27-36(39-19-12-20-40-38-18-7-11-24-47(38)57-48(39)40)44(30-33)55-42-21-8-4-15-34(42)35-16-5-9-22-43(35)55/h1-30H/i7D,12D,18D,19D,20D,24D. The van der Waals surface area contributed by atoms with E-state index in [4.69, 9.17) is 26.2 Å². The second-order valence-electron chi connectivity index (χ2n) is 13.9. The maximum atomic E-state index is 9.51. The topological polar surface area (TPSA) is 56.7 Å². The normalized spacial score (nSPS) is 13.3. The lowest BCUT2D eigenvalue weighted by molar-refractivity contribution is 0.669. The highest BCUT2D eigenvalue weighted by Crippen LogP contribution is 2.44. The first kappa shape index (κ1) is 26.4. The molecule has 0 unspecified atom stereocenters. The fourth-order valence-corrected chi connectivity index (χ4v) is 9.12. The first-order valence-corrected chi connectivity index (χ1v) is 19.3. The summed E-state index contributed by atoms with van der Waals surface area (Å²) >= 11 is 1.22. The van der Waals surface area contributed by atoms with Crippen LogP contribution in [0.4, 0.5) is 0 Å². The predicted molar refractivity (Wildman–Crippen MR) is 236 cm³/mol. The zero-order valence-electron chi connectivity index (χ0n) is 36.0. The molecular formula is C51H30N4OS. The molecule has 266 valence electrons. The zero-order valence-corrected chi connectivity index (χ0v) is 30.8. The van der Waals surface area contributed by atoms with Gasteiger partial charge in [-0.15, -0.1) is 11.3 Å². The Hall–Kier alpha value is -7.41. The van der Waals surface area contributed by atoms with Crippen LogP contribution < -0.4 is 0 Å². The smallest absolute Gasteiger partial charge is 0.164 e. The Bertz CT molecular complexity index is 3840. The molecule has 12 rings (SSSR count). The summed E-state index contributed by atoms with van der Waals surface area (Å²) < 4.78 is 63.1. The molecule has 0 amide bonds. The van der Waals surface area contributed by atoms with Gasteiger partial charge in [-0.3, -0.25) is 0 Å².